The molecule has 20 heavy (non-hydrogen) atoms. The van der Waals surface area contributed by atoms with Gasteiger partial charge in [0, 0.05) is 12.2 Å². The minimum absolute atomic E-state index is 0.00824. The highest BCUT2D eigenvalue weighted by Gasteiger charge is 2.33. The summed E-state index contributed by atoms with van der Waals surface area (Å²) in [5.41, 5.74) is 1.90. The number of anilines is 1. The van der Waals surface area contributed by atoms with E-state index in [9.17, 15) is 4.79 Å². The van der Waals surface area contributed by atoms with Crippen LogP contribution in [-0.4, -0.2) is 30.4 Å². The summed E-state index contributed by atoms with van der Waals surface area (Å²) in [6, 6.07) is 9.79. The molecule has 1 heterocycles. The fourth-order valence-corrected chi connectivity index (χ4v) is 2.29. The highest BCUT2D eigenvalue weighted by atomic mass is 16.1. The normalized spacial score (nSPS) is 21.6. The first-order valence-electron chi connectivity index (χ1n) is 7.08. The lowest BCUT2D eigenvalue weighted by atomic mass is 10.0. The number of carbonyl (C=O) groups excluding carboxylic acids is 1. The molecule has 4 heteroatoms. The third-order valence-electron chi connectivity index (χ3n) is 3.47. The van der Waals surface area contributed by atoms with Crippen molar-refractivity contribution in [3.05, 3.63) is 29.8 Å². The molecule has 0 aromatic heterocycles. The first-order valence-corrected chi connectivity index (χ1v) is 7.08. The SMILES string of the molecule is CC.Cc1ccccc1NC(=O)C1CC(C#N)N(C)C1. The van der Waals surface area contributed by atoms with Crippen LogP contribution in [0.15, 0.2) is 24.3 Å². The van der Waals surface area contributed by atoms with E-state index in [4.69, 9.17) is 5.26 Å². The number of carbonyl (C=O) groups is 1. The van der Waals surface area contributed by atoms with Crippen LogP contribution in [0.1, 0.15) is 25.8 Å². The van der Waals surface area contributed by atoms with Crippen molar-refractivity contribution in [3.63, 3.8) is 0 Å². The second-order valence-corrected chi connectivity index (χ2v) is 4.82. The maximum atomic E-state index is 12.1. The van der Waals surface area contributed by atoms with Crippen molar-refractivity contribution in [3.8, 4) is 6.07 Å². The van der Waals surface area contributed by atoms with E-state index < -0.39 is 0 Å². The lowest BCUT2D eigenvalue weighted by Gasteiger charge is -2.12. The monoisotopic (exact) mass is 273 g/mol. The van der Waals surface area contributed by atoms with E-state index in [2.05, 4.69) is 11.4 Å². The summed E-state index contributed by atoms with van der Waals surface area (Å²) >= 11 is 0. The summed E-state index contributed by atoms with van der Waals surface area (Å²) in [7, 11) is 1.88. The number of hydrogen-bond acceptors (Lipinski definition) is 3. The molecule has 2 atom stereocenters. The lowest BCUT2D eigenvalue weighted by Crippen LogP contribution is -2.26. The predicted octanol–water partition coefficient (Wildman–Crippen LogP) is 2.80. The van der Waals surface area contributed by atoms with Gasteiger partial charge in [0.15, 0.2) is 0 Å². The number of likely N-dealkylation sites (tertiary alicyclic amines) is 1. The quantitative estimate of drug-likeness (QED) is 0.901. The van der Waals surface area contributed by atoms with E-state index >= 15 is 0 Å². The number of hydrogen-bond donors (Lipinski definition) is 1. The van der Waals surface area contributed by atoms with Crippen molar-refractivity contribution < 1.29 is 4.79 Å². The minimum atomic E-state index is -0.141. The summed E-state index contributed by atoms with van der Waals surface area (Å²) < 4.78 is 0. The zero-order valence-electron chi connectivity index (χ0n) is 12.7. The van der Waals surface area contributed by atoms with Gasteiger partial charge in [-0.1, -0.05) is 32.0 Å². The van der Waals surface area contributed by atoms with Gasteiger partial charge < -0.3 is 5.32 Å². The zero-order valence-corrected chi connectivity index (χ0v) is 12.7. The fraction of sp³-hybridized carbons (Fsp3) is 0.500. The van der Waals surface area contributed by atoms with Crippen LogP contribution in [0.5, 0.6) is 0 Å². The zero-order chi connectivity index (χ0) is 15.1. The third-order valence-corrected chi connectivity index (χ3v) is 3.47. The van der Waals surface area contributed by atoms with Gasteiger partial charge in [-0.25, -0.2) is 0 Å². The highest BCUT2D eigenvalue weighted by Crippen LogP contribution is 2.23. The van der Waals surface area contributed by atoms with Crippen molar-refractivity contribution >= 4 is 11.6 Å². The summed E-state index contributed by atoms with van der Waals surface area (Å²) in [5.74, 6) is -0.0897. The van der Waals surface area contributed by atoms with E-state index in [-0.39, 0.29) is 17.9 Å². The largest absolute Gasteiger partial charge is 0.326 e. The third kappa shape index (κ3) is 3.82. The molecule has 108 valence electrons. The molecule has 0 spiro atoms. The number of benzene rings is 1. The molecule has 2 unspecified atom stereocenters. The molecule has 1 aliphatic rings. The summed E-state index contributed by atoms with van der Waals surface area (Å²) in [4.78, 5) is 14.1. The van der Waals surface area contributed by atoms with Crippen molar-refractivity contribution in [2.24, 2.45) is 5.92 Å². The van der Waals surface area contributed by atoms with Crippen molar-refractivity contribution in [2.45, 2.75) is 33.2 Å². The van der Waals surface area contributed by atoms with Crippen LogP contribution in [0.3, 0.4) is 0 Å². The van der Waals surface area contributed by atoms with Crippen LogP contribution in [-0.2, 0) is 4.79 Å². The first-order chi connectivity index (χ1) is 9.61. The molecule has 1 aromatic rings. The minimum Gasteiger partial charge on any atom is -0.326 e. The topological polar surface area (TPSA) is 56.1 Å². The Morgan fingerprint density at radius 2 is 2.05 bits per heavy atom. The Kier molecular flexibility index (Phi) is 6.20. The van der Waals surface area contributed by atoms with Gasteiger partial charge in [-0.15, -0.1) is 0 Å². The van der Waals surface area contributed by atoms with Gasteiger partial charge in [-0.2, -0.15) is 5.26 Å². The Labute approximate surface area is 121 Å². The van der Waals surface area contributed by atoms with Gasteiger partial charge in [0.2, 0.25) is 5.91 Å². The standard InChI is InChI=1S/C14H17N3O.C2H6/c1-10-5-3-4-6-13(10)16-14(18)11-7-12(8-15)17(2)9-11;1-2/h3-6,11-12H,7,9H2,1-2H3,(H,16,18);1-2H3. The van der Waals surface area contributed by atoms with Gasteiger partial charge in [0.05, 0.1) is 18.0 Å². The molecule has 2 rings (SSSR count). The van der Waals surface area contributed by atoms with Gasteiger partial charge in [-0.05, 0) is 32.0 Å². The van der Waals surface area contributed by atoms with Gasteiger partial charge in [0.1, 0.15) is 0 Å². The number of nitrogens with zero attached hydrogens (tertiary/aromatic N) is 2. The van der Waals surface area contributed by atoms with Crippen LogP contribution < -0.4 is 5.32 Å². The molecule has 0 aliphatic carbocycles. The number of amides is 1. The highest BCUT2D eigenvalue weighted by molar-refractivity contribution is 5.93. The van der Waals surface area contributed by atoms with Gasteiger partial charge >= 0.3 is 0 Å². The van der Waals surface area contributed by atoms with E-state index in [1.807, 2.05) is 57.0 Å². The Morgan fingerprint density at radius 1 is 1.40 bits per heavy atom. The first kappa shape index (κ1) is 16.2. The van der Waals surface area contributed by atoms with E-state index in [1.54, 1.807) is 0 Å². The number of nitrogens with one attached hydrogen (secondary N) is 1. The maximum absolute atomic E-state index is 12.1. The fourth-order valence-electron chi connectivity index (χ4n) is 2.29. The Balaban J connectivity index is 0.000000956. The lowest BCUT2D eigenvalue weighted by molar-refractivity contribution is -0.119. The van der Waals surface area contributed by atoms with Crippen LogP contribution >= 0.6 is 0 Å². The Morgan fingerprint density at radius 3 is 2.60 bits per heavy atom. The van der Waals surface area contributed by atoms with Gasteiger partial charge in [0.25, 0.3) is 0 Å². The average Bonchev–Trinajstić information content (AvgIpc) is 2.85. The van der Waals surface area contributed by atoms with Crippen molar-refractivity contribution in [1.29, 1.82) is 5.26 Å². The average molecular weight is 273 g/mol. The maximum Gasteiger partial charge on any atom is 0.228 e. The van der Waals surface area contributed by atoms with Crippen LogP contribution in [0.25, 0.3) is 0 Å². The van der Waals surface area contributed by atoms with Crippen molar-refractivity contribution in [2.75, 3.05) is 18.9 Å². The predicted molar refractivity (Wildman–Crippen MR) is 81.3 cm³/mol. The number of rotatable bonds is 2. The molecule has 0 radical (unpaired) electrons. The molecular weight excluding hydrogens is 250 g/mol. The van der Waals surface area contributed by atoms with Crippen LogP contribution in [0.4, 0.5) is 5.69 Å². The number of nitriles is 1. The van der Waals surface area contributed by atoms with Crippen LogP contribution in [0, 0.1) is 24.2 Å². The summed E-state index contributed by atoms with van der Waals surface area (Å²) in [6.07, 6.45) is 0.616. The van der Waals surface area contributed by atoms with Gasteiger partial charge in [-0.3, -0.25) is 9.69 Å². The molecule has 4 nitrogen and oxygen atoms in total. The smallest absolute Gasteiger partial charge is 0.228 e. The summed E-state index contributed by atoms with van der Waals surface area (Å²) in [5, 5.41) is 11.9. The number of aryl methyl sites for hydroxylation is 1. The number of para-hydroxylation sites is 1. The molecule has 1 amide bonds. The molecule has 0 bridgehead atoms. The van der Waals surface area contributed by atoms with E-state index in [0.717, 1.165) is 11.3 Å². The van der Waals surface area contributed by atoms with Crippen molar-refractivity contribution in [1.82, 2.24) is 4.90 Å². The Hall–Kier alpha value is -1.86. The molecular formula is C16H23N3O. The molecule has 1 N–H and O–H groups in total. The molecule has 1 aromatic carbocycles. The molecule has 0 saturated carbocycles. The van der Waals surface area contributed by atoms with Crippen LogP contribution in [0.2, 0.25) is 0 Å². The molecule has 1 saturated heterocycles. The van der Waals surface area contributed by atoms with E-state index in [1.165, 1.54) is 0 Å². The van der Waals surface area contributed by atoms with E-state index in [0.29, 0.717) is 13.0 Å². The molecule has 1 aliphatic heterocycles. The Bertz CT molecular complexity index is 493. The second kappa shape index (κ2) is 7.66. The second-order valence-electron chi connectivity index (χ2n) is 4.82. The molecule has 1 fully saturated rings. The summed E-state index contributed by atoms with van der Waals surface area (Å²) in [6.45, 7) is 6.62.